The van der Waals surface area contributed by atoms with Gasteiger partial charge in [-0.05, 0) is 85.0 Å². The lowest BCUT2D eigenvalue weighted by Gasteiger charge is -2.42. The molecule has 226 valence electrons. The maximum Gasteiger partial charge on any atom is 0.238 e. The second-order valence-corrected chi connectivity index (χ2v) is 12.5. The molecular formula is C39H30N2O5. The number of anilines is 3. The number of rotatable bonds is 4. The molecule has 4 atom stereocenters. The Hall–Kier alpha value is -5.56. The van der Waals surface area contributed by atoms with Crippen molar-refractivity contribution in [1.29, 1.82) is 0 Å². The Morgan fingerprint density at radius 1 is 0.783 bits per heavy atom. The summed E-state index contributed by atoms with van der Waals surface area (Å²) in [4.78, 5) is 56.8. The molecule has 2 N–H and O–H groups in total. The van der Waals surface area contributed by atoms with E-state index >= 15 is 0 Å². The Morgan fingerprint density at radius 2 is 1.50 bits per heavy atom. The maximum absolute atomic E-state index is 14.3. The molecule has 0 spiro atoms. The number of phenols is 1. The number of benzene rings is 4. The number of allylic oxidation sites excluding steroid dienone is 6. The number of Topliss-reactive ketones (excluding diaryl/α,β-unsaturated/α-hetero) is 1. The van der Waals surface area contributed by atoms with Gasteiger partial charge in [-0.15, -0.1) is 0 Å². The molecule has 0 saturated carbocycles. The first-order valence-electron chi connectivity index (χ1n) is 15.5. The summed E-state index contributed by atoms with van der Waals surface area (Å²) in [7, 11) is 0. The van der Waals surface area contributed by atoms with Gasteiger partial charge in [0.1, 0.15) is 5.75 Å². The third kappa shape index (κ3) is 4.19. The van der Waals surface area contributed by atoms with Crippen LogP contribution in [-0.2, 0) is 19.2 Å². The molecule has 1 fully saturated rings. The van der Waals surface area contributed by atoms with E-state index in [0.29, 0.717) is 34.4 Å². The van der Waals surface area contributed by atoms with Crippen molar-refractivity contribution >= 4 is 51.2 Å². The fourth-order valence-electron chi connectivity index (χ4n) is 7.92. The Bertz CT molecular complexity index is 2090. The van der Waals surface area contributed by atoms with E-state index in [9.17, 15) is 24.3 Å². The van der Waals surface area contributed by atoms with Gasteiger partial charge in [-0.1, -0.05) is 60.2 Å². The van der Waals surface area contributed by atoms with Gasteiger partial charge in [0.25, 0.3) is 0 Å². The number of ketones is 2. The highest BCUT2D eigenvalue weighted by molar-refractivity contribution is 6.25. The van der Waals surface area contributed by atoms with E-state index in [4.69, 9.17) is 0 Å². The Kier molecular flexibility index (Phi) is 6.39. The molecule has 0 bridgehead atoms. The Balaban J connectivity index is 1.20. The number of phenolic OH excluding ortho intramolecular Hbond substituents is 1. The van der Waals surface area contributed by atoms with Gasteiger partial charge in [-0.2, -0.15) is 0 Å². The first-order chi connectivity index (χ1) is 22.3. The molecule has 7 heteroatoms. The number of aromatic hydroxyl groups is 1. The normalized spacial score (nSPS) is 24.0. The van der Waals surface area contributed by atoms with Gasteiger partial charge >= 0.3 is 0 Å². The average molecular weight is 607 g/mol. The standard InChI is InChI=1S/C39H30N2O5/c1-21-19-32(43)30-20-29-27(35(36(30)37(21)44)34-26-10-6-5-7-22(26)11-18-31(34)42)16-17-28-33(29)39(46)41(38(28)45)25-14-12-24(13-15-25)40-23-8-3-2-4-9-23/h2-16,18-19,28-29,33,35,40,42H,17,20H2,1H3/t28-,29+,33-,35+/m0/s1. The summed E-state index contributed by atoms with van der Waals surface area (Å²) in [5, 5.41) is 16.3. The number of amides is 2. The van der Waals surface area contributed by atoms with Crippen molar-refractivity contribution in [3.05, 3.63) is 131 Å². The SMILES string of the molecule is CC1=CC(=O)C2=C(C1=O)[C@@H](c1c(O)ccc3ccccc13)C1=CC[C@@H]3C(=O)N(c4ccc(Nc5ccccc5)cc4)C(=O)[C@@H]3[C@@H]1C2. The zero-order valence-corrected chi connectivity index (χ0v) is 25.1. The van der Waals surface area contributed by atoms with Gasteiger partial charge < -0.3 is 10.4 Å². The zero-order chi connectivity index (χ0) is 31.7. The highest BCUT2D eigenvalue weighted by Crippen LogP contribution is 2.57. The van der Waals surface area contributed by atoms with E-state index in [1.54, 1.807) is 25.1 Å². The molecule has 46 heavy (non-hydrogen) atoms. The summed E-state index contributed by atoms with van der Waals surface area (Å²) in [5.74, 6) is -3.52. The summed E-state index contributed by atoms with van der Waals surface area (Å²) >= 11 is 0. The largest absolute Gasteiger partial charge is 0.508 e. The van der Waals surface area contributed by atoms with Crippen LogP contribution in [0, 0.1) is 17.8 Å². The number of hydrogen-bond acceptors (Lipinski definition) is 6. The number of nitrogens with zero attached hydrogens (tertiary/aromatic N) is 1. The van der Waals surface area contributed by atoms with Crippen molar-refractivity contribution < 1.29 is 24.3 Å². The first kappa shape index (κ1) is 28.0. The fraction of sp³-hybridized carbons (Fsp3) is 0.179. The molecule has 4 aromatic rings. The second kappa shape index (κ2) is 10.5. The van der Waals surface area contributed by atoms with E-state index < -0.39 is 23.7 Å². The summed E-state index contributed by atoms with van der Waals surface area (Å²) in [5.41, 5.74) is 4.68. The predicted molar refractivity (Wildman–Crippen MR) is 176 cm³/mol. The Morgan fingerprint density at radius 3 is 2.28 bits per heavy atom. The van der Waals surface area contributed by atoms with E-state index in [1.807, 2.05) is 78.9 Å². The van der Waals surface area contributed by atoms with Crippen LogP contribution in [0.5, 0.6) is 5.75 Å². The van der Waals surface area contributed by atoms with Crippen molar-refractivity contribution in [2.75, 3.05) is 10.2 Å². The third-order valence-corrected chi connectivity index (χ3v) is 9.99. The Labute approximate surface area is 265 Å². The van der Waals surface area contributed by atoms with Crippen LogP contribution in [0.2, 0.25) is 0 Å². The summed E-state index contributed by atoms with van der Waals surface area (Å²) in [6, 6.07) is 28.0. The first-order valence-corrected chi connectivity index (χ1v) is 15.5. The van der Waals surface area contributed by atoms with Crippen molar-refractivity contribution in [3.63, 3.8) is 0 Å². The third-order valence-electron chi connectivity index (χ3n) is 9.99. The molecule has 4 aromatic carbocycles. The monoisotopic (exact) mass is 606 g/mol. The van der Waals surface area contributed by atoms with E-state index in [2.05, 4.69) is 5.32 Å². The molecule has 7 nitrogen and oxygen atoms in total. The molecule has 1 heterocycles. The molecule has 3 aliphatic carbocycles. The number of nitrogens with one attached hydrogen (secondary N) is 1. The summed E-state index contributed by atoms with van der Waals surface area (Å²) in [6.45, 7) is 1.64. The highest BCUT2D eigenvalue weighted by atomic mass is 16.3. The van der Waals surface area contributed by atoms with Crippen LogP contribution in [0.1, 0.15) is 31.2 Å². The van der Waals surface area contributed by atoms with Crippen LogP contribution in [-0.4, -0.2) is 28.5 Å². The summed E-state index contributed by atoms with van der Waals surface area (Å²) in [6.07, 6.45) is 3.86. The van der Waals surface area contributed by atoms with Gasteiger partial charge in [0.15, 0.2) is 11.6 Å². The second-order valence-electron chi connectivity index (χ2n) is 12.5. The number of carbonyl (C=O) groups excluding carboxylic acids is 4. The van der Waals surface area contributed by atoms with Crippen molar-refractivity contribution in [2.45, 2.75) is 25.7 Å². The van der Waals surface area contributed by atoms with Gasteiger partial charge in [0, 0.05) is 39.6 Å². The molecule has 1 saturated heterocycles. The van der Waals surface area contributed by atoms with Crippen LogP contribution in [0.25, 0.3) is 10.8 Å². The molecule has 2 amide bonds. The molecule has 1 aliphatic heterocycles. The number of fused-ring (bicyclic) bond motifs is 4. The van der Waals surface area contributed by atoms with Crippen molar-refractivity contribution in [1.82, 2.24) is 0 Å². The lowest BCUT2D eigenvalue weighted by Crippen LogP contribution is -2.40. The van der Waals surface area contributed by atoms with Crippen molar-refractivity contribution in [3.8, 4) is 5.75 Å². The minimum atomic E-state index is -0.721. The highest BCUT2D eigenvalue weighted by Gasteiger charge is 2.57. The average Bonchev–Trinajstić information content (AvgIpc) is 3.33. The van der Waals surface area contributed by atoms with Crippen molar-refractivity contribution in [2.24, 2.45) is 17.8 Å². The predicted octanol–water partition coefficient (Wildman–Crippen LogP) is 6.92. The maximum atomic E-state index is 14.3. The van der Waals surface area contributed by atoms with Gasteiger partial charge in [0.05, 0.1) is 17.5 Å². The van der Waals surface area contributed by atoms with Gasteiger partial charge in [-0.25, -0.2) is 0 Å². The van der Waals surface area contributed by atoms with Crippen LogP contribution in [0.3, 0.4) is 0 Å². The lowest BCUT2D eigenvalue weighted by atomic mass is 9.59. The van der Waals surface area contributed by atoms with E-state index in [0.717, 1.165) is 27.7 Å². The number of imide groups is 1. The number of para-hydroxylation sites is 1. The van der Waals surface area contributed by atoms with Gasteiger partial charge in [0.2, 0.25) is 11.8 Å². The quantitative estimate of drug-likeness (QED) is 0.148. The number of hydrogen-bond donors (Lipinski definition) is 2. The van der Waals surface area contributed by atoms with Crippen LogP contribution in [0.4, 0.5) is 17.1 Å². The molecule has 0 radical (unpaired) electrons. The molecule has 0 unspecified atom stereocenters. The smallest absolute Gasteiger partial charge is 0.238 e. The van der Waals surface area contributed by atoms with E-state index in [-0.39, 0.29) is 35.6 Å². The number of carbonyl (C=O) groups is 4. The summed E-state index contributed by atoms with van der Waals surface area (Å²) < 4.78 is 0. The van der Waals surface area contributed by atoms with Crippen LogP contribution in [0.15, 0.2) is 125 Å². The molecule has 8 rings (SSSR count). The topological polar surface area (TPSA) is 104 Å². The minimum Gasteiger partial charge on any atom is -0.508 e. The minimum absolute atomic E-state index is 0.0198. The zero-order valence-electron chi connectivity index (χ0n) is 25.1. The van der Waals surface area contributed by atoms with E-state index in [1.165, 1.54) is 11.0 Å². The van der Waals surface area contributed by atoms with Crippen LogP contribution < -0.4 is 10.2 Å². The molecular weight excluding hydrogens is 576 g/mol. The lowest BCUT2D eigenvalue weighted by molar-refractivity contribution is -0.123. The molecule has 4 aliphatic rings. The molecule has 0 aromatic heterocycles. The van der Waals surface area contributed by atoms with Crippen LogP contribution >= 0.6 is 0 Å². The fourth-order valence-corrected chi connectivity index (χ4v) is 7.92. The van der Waals surface area contributed by atoms with Gasteiger partial charge in [-0.3, -0.25) is 24.1 Å².